The van der Waals surface area contributed by atoms with Crippen molar-refractivity contribution >= 4 is 7.82 Å². The molecule has 0 heterocycles. The van der Waals surface area contributed by atoms with Crippen LogP contribution in [0.3, 0.4) is 0 Å². The second kappa shape index (κ2) is 5.74. The molecule has 0 fully saturated rings. The first-order chi connectivity index (χ1) is 6.28. The molecule has 0 aliphatic carbocycles. The van der Waals surface area contributed by atoms with Gasteiger partial charge in [-0.25, -0.2) is 0 Å². The third-order valence-electron chi connectivity index (χ3n) is 1.38. The summed E-state index contributed by atoms with van der Waals surface area (Å²) in [5.74, 6) is 0. The van der Waals surface area contributed by atoms with Crippen LogP contribution in [-0.4, -0.2) is 52.0 Å². The lowest BCUT2D eigenvalue weighted by Crippen LogP contribution is -2.42. The summed E-state index contributed by atoms with van der Waals surface area (Å²) in [5.41, 5.74) is 0. The van der Waals surface area contributed by atoms with Crippen LogP contribution in [0.15, 0.2) is 0 Å². The zero-order chi connectivity index (χ0) is 11.4. The fourth-order valence-corrected chi connectivity index (χ4v) is 0.966. The maximum absolute atomic E-state index is 9.94. The van der Waals surface area contributed by atoms with E-state index in [4.69, 9.17) is 20.4 Å². The minimum Gasteiger partial charge on any atom is -0.790 e. The fourth-order valence-electron chi connectivity index (χ4n) is 0.631. The predicted molar refractivity (Wildman–Crippen MR) is 38.7 cm³/mol. The molecule has 3 atom stereocenters. The van der Waals surface area contributed by atoms with Gasteiger partial charge >= 0.3 is 0 Å². The van der Waals surface area contributed by atoms with Crippen LogP contribution in [0, 0.1) is 0 Å². The molecule has 0 saturated carbocycles. The van der Waals surface area contributed by atoms with Gasteiger partial charge in [0.25, 0.3) is 0 Å². The Bertz CT molecular complexity index is 202. The zero-order valence-electron chi connectivity index (χ0n) is 7.02. The first-order valence-corrected chi connectivity index (χ1v) is 5.05. The maximum Gasteiger partial charge on any atom is 0.110 e. The minimum absolute atomic E-state index is 0.815. The summed E-state index contributed by atoms with van der Waals surface area (Å²) in [7, 11) is -5.21. The molecule has 0 rings (SSSR count). The van der Waals surface area contributed by atoms with Gasteiger partial charge in [-0.1, -0.05) is 0 Å². The van der Waals surface area contributed by atoms with Crippen molar-refractivity contribution in [2.45, 2.75) is 18.3 Å². The van der Waals surface area contributed by atoms with Gasteiger partial charge in [-0.15, -0.1) is 0 Å². The molecule has 8 nitrogen and oxygen atoms in total. The number of phosphoric ester groups is 1. The average molecular weight is 230 g/mol. The lowest BCUT2D eigenvalue weighted by atomic mass is 10.1. The van der Waals surface area contributed by atoms with Gasteiger partial charge in [0.1, 0.15) is 18.3 Å². The van der Waals surface area contributed by atoms with E-state index in [0.29, 0.717) is 0 Å². The maximum atomic E-state index is 9.94. The Morgan fingerprint density at radius 1 is 1.21 bits per heavy atom. The van der Waals surface area contributed by atoms with Crippen molar-refractivity contribution in [1.29, 1.82) is 0 Å². The fraction of sp³-hybridized carbons (Fsp3) is 1.00. The molecule has 0 radical (unpaired) electrons. The van der Waals surface area contributed by atoms with E-state index < -0.39 is 39.3 Å². The van der Waals surface area contributed by atoms with Gasteiger partial charge in [0.2, 0.25) is 0 Å². The highest BCUT2D eigenvalue weighted by atomic mass is 31.2. The Morgan fingerprint density at radius 3 is 2.07 bits per heavy atom. The summed E-state index contributed by atoms with van der Waals surface area (Å²) >= 11 is 0. The van der Waals surface area contributed by atoms with Crippen LogP contribution < -0.4 is 9.79 Å². The highest BCUT2D eigenvalue weighted by molar-refractivity contribution is 7.43. The van der Waals surface area contributed by atoms with Crippen LogP contribution in [-0.2, 0) is 9.09 Å². The molecule has 0 bridgehead atoms. The molecule has 0 amide bonds. The third-order valence-corrected chi connectivity index (χ3v) is 1.84. The molecule has 4 N–H and O–H groups in total. The molecule has 0 unspecified atom stereocenters. The number of phosphoric acid groups is 1. The van der Waals surface area contributed by atoms with Crippen molar-refractivity contribution in [2.75, 3.05) is 13.2 Å². The Balaban J connectivity index is 3.96. The van der Waals surface area contributed by atoms with Gasteiger partial charge in [-0.05, 0) is 0 Å². The number of hydrogen-bond donors (Lipinski definition) is 4. The molecule has 0 aromatic heterocycles. The van der Waals surface area contributed by atoms with Gasteiger partial charge in [0.15, 0.2) is 0 Å². The smallest absolute Gasteiger partial charge is 0.110 e. The molecule has 0 aliphatic rings. The van der Waals surface area contributed by atoms with Crippen molar-refractivity contribution < 1.29 is 39.3 Å². The summed E-state index contributed by atoms with van der Waals surface area (Å²) in [6.07, 6.45) is -5.19. The van der Waals surface area contributed by atoms with Crippen molar-refractivity contribution in [1.82, 2.24) is 0 Å². The average Bonchev–Trinajstić information content (AvgIpc) is 2.10. The van der Waals surface area contributed by atoms with Crippen molar-refractivity contribution in [3.63, 3.8) is 0 Å². The van der Waals surface area contributed by atoms with E-state index in [1.54, 1.807) is 0 Å². The third kappa shape index (κ3) is 5.63. The second-order valence-electron chi connectivity index (χ2n) is 2.55. The Labute approximate surface area is 79.6 Å². The van der Waals surface area contributed by atoms with E-state index in [0.717, 1.165) is 0 Å². The molecular formula is C5H11O8P-2. The number of rotatable bonds is 6. The van der Waals surface area contributed by atoms with E-state index in [9.17, 15) is 14.4 Å². The molecule has 0 aliphatic heterocycles. The topological polar surface area (TPSA) is 153 Å². The highest BCUT2D eigenvalue weighted by Gasteiger charge is 2.24. The lowest BCUT2D eigenvalue weighted by Gasteiger charge is -2.31. The normalized spacial score (nSPS) is 19.0. The lowest BCUT2D eigenvalue weighted by molar-refractivity contribution is -0.343. The van der Waals surface area contributed by atoms with Crippen LogP contribution in [0.1, 0.15) is 0 Å². The summed E-state index contributed by atoms with van der Waals surface area (Å²) in [5, 5.41) is 35.0. The van der Waals surface area contributed by atoms with Gasteiger partial charge in [0, 0.05) is 0 Å². The molecule has 0 saturated heterocycles. The summed E-state index contributed by atoms with van der Waals surface area (Å²) < 4.78 is 13.6. The van der Waals surface area contributed by atoms with Crippen molar-refractivity contribution in [3.05, 3.63) is 0 Å². The summed E-state index contributed by atoms with van der Waals surface area (Å²) in [4.78, 5) is 19.9. The molecule has 9 heteroatoms. The zero-order valence-corrected chi connectivity index (χ0v) is 7.91. The quantitative estimate of drug-likeness (QED) is 0.336. The Kier molecular flexibility index (Phi) is 5.72. The highest BCUT2D eigenvalue weighted by Crippen LogP contribution is 2.24. The molecule has 0 aromatic rings. The second-order valence-corrected chi connectivity index (χ2v) is 3.70. The molecule has 0 spiro atoms. The van der Waals surface area contributed by atoms with Gasteiger partial charge in [0.05, 0.1) is 21.0 Å². The van der Waals surface area contributed by atoms with E-state index in [2.05, 4.69) is 4.52 Å². The first-order valence-electron chi connectivity index (χ1n) is 3.59. The first kappa shape index (κ1) is 13.9. The number of aliphatic hydroxyl groups is 4. The van der Waals surface area contributed by atoms with Gasteiger partial charge in [-0.2, -0.15) is 0 Å². The monoisotopic (exact) mass is 230 g/mol. The molecular weight excluding hydrogens is 219 g/mol. The van der Waals surface area contributed by atoms with Crippen LogP contribution in [0.2, 0.25) is 0 Å². The Morgan fingerprint density at radius 2 is 1.71 bits per heavy atom. The summed E-state index contributed by atoms with van der Waals surface area (Å²) in [6.45, 7) is -1.78. The predicted octanol–water partition coefficient (Wildman–Crippen LogP) is -4.09. The minimum atomic E-state index is -5.21. The van der Waals surface area contributed by atoms with Crippen molar-refractivity contribution in [3.8, 4) is 0 Å². The van der Waals surface area contributed by atoms with E-state index >= 15 is 0 Å². The number of hydrogen-bond acceptors (Lipinski definition) is 8. The molecule has 86 valence electrons. The van der Waals surface area contributed by atoms with E-state index in [-0.39, 0.29) is 0 Å². The largest absolute Gasteiger partial charge is 0.790 e. The SMILES string of the molecule is O=P([O-])([O-])OC[C@H](O)[C@@H](O)[C@H](O)CO. The van der Waals surface area contributed by atoms with Crippen molar-refractivity contribution in [2.24, 2.45) is 0 Å². The standard InChI is InChI=1S/C5H13O8P/c6-1-3(7)5(9)4(8)2-13-14(10,11)12/h3-9H,1-2H2,(H2,10,11,12)/p-2/t3-,4+,5+/m1/s1. The van der Waals surface area contributed by atoms with Gasteiger partial charge in [-0.3, -0.25) is 0 Å². The molecule has 14 heavy (non-hydrogen) atoms. The van der Waals surface area contributed by atoms with Crippen LogP contribution in [0.25, 0.3) is 0 Å². The van der Waals surface area contributed by atoms with Gasteiger partial charge < -0.3 is 39.3 Å². The number of aliphatic hydroxyl groups excluding tert-OH is 4. The summed E-state index contributed by atoms with van der Waals surface area (Å²) in [6, 6.07) is 0. The Hall–Kier alpha value is -0.0500. The van der Waals surface area contributed by atoms with Crippen LogP contribution >= 0.6 is 7.82 Å². The van der Waals surface area contributed by atoms with Crippen LogP contribution in [0.4, 0.5) is 0 Å². The van der Waals surface area contributed by atoms with E-state index in [1.807, 2.05) is 0 Å². The van der Waals surface area contributed by atoms with E-state index in [1.165, 1.54) is 0 Å². The molecule has 0 aromatic carbocycles. The van der Waals surface area contributed by atoms with Crippen LogP contribution in [0.5, 0.6) is 0 Å².